The molecule has 24 heavy (non-hydrogen) atoms. The number of halogens is 2. The minimum Gasteiger partial charge on any atom is -0.360 e. The quantitative estimate of drug-likeness (QED) is 0.702. The summed E-state index contributed by atoms with van der Waals surface area (Å²) < 4.78 is 56.8. The predicted molar refractivity (Wildman–Crippen MR) is 85.5 cm³/mol. The maximum Gasteiger partial charge on any atom is 0.178 e. The third-order valence-corrected chi connectivity index (χ3v) is 5.30. The summed E-state index contributed by atoms with van der Waals surface area (Å²) in [7, 11) is -3.88. The largest absolute Gasteiger partial charge is 0.360 e. The third-order valence-electron chi connectivity index (χ3n) is 3.41. The minimum atomic E-state index is -3.88. The summed E-state index contributed by atoms with van der Waals surface area (Å²) in [5.74, 6) is -1.63. The number of sulfone groups is 1. The van der Waals surface area contributed by atoms with Gasteiger partial charge >= 0.3 is 0 Å². The molecule has 0 N–H and O–H groups in total. The number of hydrogen-bond donors (Lipinski definition) is 0. The Bertz CT molecular complexity index is 1040. The molecule has 0 aliphatic rings. The normalized spacial score (nSPS) is 11.9. The maximum atomic E-state index is 14.5. The Labute approximate surface area is 140 Å². The van der Waals surface area contributed by atoms with Crippen LogP contribution >= 0.6 is 11.3 Å². The summed E-state index contributed by atoms with van der Waals surface area (Å²) in [4.78, 5) is 3.58. The van der Waals surface area contributed by atoms with E-state index in [1.54, 1.807) is 12.3 Å². The highest BCUT2D eigenvalue weighted by molar-refractivity contribution is 7.90. The van der Waals surface area contributed by atoms with Gasteiger partial charge in [-0.1, -0.05) is 5.16 Å². The smallest absolute Gasteiger partial charge is 0.178 e. The number of thiazole rings is 1. The van der Waals surface area contributed by atoms with Gasteiger partial charge in [0, 0.05) is 17.2 Å². The second-order valence-corrected chi connectivity index (χ2v) is 8.30. The second-order valence-electron chi connectivity index (χ2n) is 5.25. The van der Waals surface area contributed by atoms with E-state index < -0.39 is 26.4 Å². The van der Waals surface area contributed by atoms with Crippen LogP contribution in [0.25, 0.3) is 22.5 Å². The Morgan fingerprint density at radius 3 is 2.46 bits per heavy atom. The molecule has 0 radical (unpaired) electrons. The first-order valence-corrected chi connectivity index (χ1v) is 9.54. The molecule has 9 heteroatoms. The van der Waals surface area contributed by atoms with Crippen molar-refractivity contribution in [2.45, 2.75) is 18.7 Å². The molecule has 3 aromatic rings. The first kappa shape index (κ1) is 16.7. The van der Waals surface area contributed by atoms with Gasteiger partial charge in [-0.2, -0.15) is 0 Å². The fourth-order valence-corrected chi connectivity index (χ4v) is 3.67. The molecular formula is C15H12F2N2O3S2. The Morgan fingerprint density at radius 1 is 1.17 bits per heavy atom. The molecule has 0 aliphatic carbocycles. The molecule has 3 rings (SSSR count). The molecular weight excluding hydrogens is 358 g/mol. The van der Waals surface area contributed by atoms with Gasteiger partial charge in [0.15, 0.2) is 9.84 Å². The molecule has 1 aromatic carbocycles. The van der Waals surface area contributed by atoms with E-state index in [2.05, 4.69) is 10.1 Å². The van der Waals surface area contributed by atoms with Crippen LogP contribution in [0.4, 0.5) is 8.78 Å². The summed E-state index contributed by atoms with van der Waals surface area (Å²) in [5.41, 5.74) is 0.884. The molecule has 2 heterocycles. The molecule has 126 valence electrons. The fourth-order valence-electron chi connectivity index (χ4n) is 2.34. The summed E-state index contributed by atoms with van der Waals surface area (Å²) in [6.07, 6.45) is 0.818. The average Bonchev–Trinajstić information content (AvgIpc) is 3.06. The monoisotopic (exact) mass is 370 g/mol. The minimum absolute atomic E-state index is 0.126. The van der Waals surface area contributed by atoms with E-state index in [0.717, 1.165) is 17.3 Å². The zero-order chi connectivity index (χ0) is 17.6. The van der Waals surface area contributed by atoms with Gasteiger partial charge in [-0.3, -0.25) is 0 Å². The van der Waals surface area contributed by atoms with Crippen molar-refractivity contribution in [3.63, 3.8) is 0 Å². The summed E-state index contributed by atoms with van der Waals surface area (Å²) in [5, 5.41) is 6.40. The van der Waals surface area contributed by atoms with E-state index in [1.165, 1.54) is 11.3 Å². The summed E-state index contributed by atoms with van der Waals surface area (Å²) >= 11 is 1.39. The van der Waals surface area contributed by atoms with Crippen molar-refractivity contribution in [2.24, 2.45) is 0 Å². The van der Waals surface area contributed by atoms with Gasteiger partial charge in [0.1, 0.15) is 33.7 Å². The first-order chi connectivity index (χ1) is 11.2. The van der Waals surface area contributed by atoms with Crippen LogP contribution in [-0.2, 0) is 9.84 Å². The van der Waals surface area contributed by atoms with Gasteiger partial charge in [0.2, 0.25) is 0 Å². The van der Waals surface area contributed by atoms with Crippen LogP contribution in [0, 0.1) is 25.5 Å². The van der Waals surface area contributed by atoms with Crippen LogP contribution in [0.15, 0.2) is 26.9 Å². The zero-order valence-electron chi connectivity index (χ0n) is 12.9. The van der Waals surface area contributed by atoms with E-state index in [0.29, 0.717) is 11.8 Å². The Morgan fingerprint density at radius 2 is 1.88 bits per heavy atom. The molecule has 0 saturated heterocycles. The van der Waals surface area contributed by atoms with Crippen LogP contribution in [0.3, 0.4) is 0 Å². The molecule has 0 spiro atoms. The number of aryl methyl sites for hydroxylation is 2. The molecule has 2 aromatic heterocycles. The van der Waals surface area contributed by atoms with Gasteiger partial charge in [0.25, 0.3) is 0 Å². The number of benzene rings is 1. The molecule has 0 bridgehead atoms. The van der Waals surface area contributed by atoms with E-state index in [-0.39, 0.29) is 22.6 Å². The highest BCUT2D eigenvalue weighted by atomic mass is 32.2. The number of nitrogens with zero attached hydrogens (tertiary/aromatic N) is 2. The molecule has 0 fully saturated rings. The van der Waals surface area contributed by atoms with Gasteiger partial charge in [-0.05, 0) is 26.0 Å². The molecule has 5 nitrogen and oxygen atoms in total. The molecule has 0 aliphatic heterocycles. The molecule has 0 atom stereocenters. The van der Waals surface area contributed by atoms with Crippen molar-refractivity contribution in [3.8, 4) is 22.5 Å². The van der Waals surface area contributed by atoms with Crippen molar-refractivity contribution in [3.05, 3.63) is 39.9 Å². The van der Waals surface area contributed by atoms with E-state index in [9.17, 15) is 17.2 Å². The Hall–Kier alpha value is -2.13. The van der Waals surface area contributed by atoms with Crippen LogP contribution in [0.5, 0.6) is 0 Å². The van der Waals surface area contributed by atoms with E-state index in [1.807, 2.05) is 6.92 Å². The van der Waals surface area contributed by atoms with Gasteiger partial charge < -0.3 is 4.52 Å². The lowest BCUT2D eigenvalue weighted by Gasteiger charge is -2.07. The molecule has 0 saturated carbocycles. The van der Waals surface area contributed by atoms with Crippen molar-refractivity contribution < 1.29 is 21.7 Å². The van der Waals surface area contributed by atoms with Gasteiger partial charge in [0.05, 0.1) is 10.6 Å². The Balaban J connectivity index is 2.24. The average molecular weight is 370 g/mol. The third kappa shape index (κ3) is 2.84. The van der Waals surface area contributed by atoms with Crippen LogP contribution in [0.1, 0.15) is 10.8 Å². The lowest BCUT2D eigenvalue weighted by atomic mass is 10.0. The standard InChI is InChI=1S/C15H12F2N2O3S2/c1-7-14(15(19-22-7)12-6-23-8(2)18-12)9-4-11(17)13(5-10(9)16)24(3,20)21/h4-6H,1-3H3. The van der Waals surface area contributed by atoms with Gasteiger partial charge in [-0.15, -0.1) is 11.3 Å². The lowest BCUT2D eigenvalue weighted by Crippen LogP contribution is -2.03. The number of hydrogen-bond acceptors (Lipinski definition) is 6. The highest BCUT2D eigenvalue weighted by Gasteiger charge is 2.24. The van der Waals surface area contributed by atoms with Crippen molar-refractivity contribution in [1.82, 2.24) is 10.1 Å². The van der Waals surface area contributed by atoms with E-state index in [4.69, 9.17) is 4.52 Å². The topological polar surface area (TPSA) is 73.1 Å². The summed E-state index contributed by atoms with van der Waals surface area (Å²) in [6.45, 7) is 3.37. The van der Waals surface area contributed by atoms with Crippen molar-refractivity contribution in [2.75, 3.05) is 6.26 Å². The fraction of sp³-hybridized carbons (Fsp3) is 0.200. The van der Waals surface area contributed by atoms with Crippen LogP contribution in [-0.4, -0.2) is 24.8 Å². The second kappa shape index (κ2) is 5.75. The maximum absolute atomic E-state index is 14.5. The highest BCUT2D eigenvalue weighted by Crippen LogP contribution is 2.37. The Kier molecular flexibility index (Phi) is 4.00. The number of aromatic nitrogens is 2. The van der Waals surface area contributed by atoms with E-state index >= 15 is 0 Å². The number of rotatable bonds is 3. The zero-order valence-corrected chi connectivity index (χ0v) is 14.6. The lowest BCUT2D eigenvalue weighted by molar-refractivity contribution is 0.400. The molecule has 0 amide bonds. The SMILES string of the molecule is Cc1nc(-c2noc(C)c2-c2cc(F)c(S(C)(=O)=O)cc2F)cs1. The van der Waals surface area contributed by atoms with Crippen molar-refractivity contribution >= 4 is 21.2 Å². The molecule has 0 unspecified atom stereocenters. The van der Waals surface area contributed by atoms with Crippen LogP contribution in [0.2, 0.25) is 0 Å². The summed E-state index contributed by atoms with van der Waals surface area (Å²) in [6, 6.07) is 1.51. The first-order valence-electron chi connectivity index (χ1n) is 6.76. The van der Waals surface area contributed by atoms with Crippen molar-refractivity contribution in [1.29, 1.82) is 0 Å². The van der Waals surface area contributed by atoms with Crippen LogP contribution < -0.4 is 0 Å². The van der Waals surface area contributed by atoms with Gasteiger partial charge in [-0.25, -0.2) is 22.2 Å². The predicted octanol–water partition coefficient (Wildman–Crippen LogP) is 3.76.